The number of rotatable bonds is 6. The van der Waals surface area contributed by atoms with Crippen LogP contribution in [-0.2, 0) is 13.1 Å². The highest BCUT2D eigenvalue weighted by Crippen LogP contribution is 2.19. The number of nitrogens with one attached hydrogen (secondary N) is 2. The van der Waals surface area contributed by atoms with Crippen LogP contribution in [0.25, 0.3) is 0 Å². The van der Waals surface area contributed by atoms with Crippen LogP contribution >= 0.6 is 0 Å². The zero-order valence-electron chi connectivity index (χ0n) is 13.2. The van der Waals surface area contributed by atoms with E-state index in [1.54, 1.807) is 0 Å². The average Bonchev–Trinajstić information content (AvgIpc) is 2.61. The second-order valence-electron chi connectivity index (χ2n) is 6.23. The fourth-order valence-electron chi connectivity index (χ4n) is 3.31. The summed E-state index contributed by atoms with van der Waals surface area (Å²) in [6, 6.07) is 22.6. The van der Waals surface area contributed by atoms with Crippen LogP contribution < -0.4 is 10.6 Å². The lowest BCUT2D eigenvalue weighted by molar-refractivity contribution is 0.281. The van der Waals surface area contributed by atoms with Gasteiger partial charge >= 0.3 is 0 Å². The number of hydrogen-bond donors (Lipinski definition) is 2. The summed E-state index contributed by atoms with van der Waals surface area (Å²) >= 11 is 0. The van der Waals surface area contributed by atoms with Crippen molar-refractivity contribution in [3.8, 4) is 0 Å². The lowest BCUT2D eigenvalue weighted by Crippen LogP contribution is -2.49. The summed E-state index contributed by atoms with van der Waals surface area (Å²) in [7, 11) is 0. The number of hydrogen-bond acceptors (Lipinski definition) is 2. The molecule has 2 atom stereocenters. The summed E-state index contributed by atoms with van der Waals surface area (Å²) in [5.41, 5.74) is 2.74. The minimum Gasteiger partial charge on any atom is -0.308 e. The van der Waals surface area contributed by atoms with Crippen molar-refractivity contribution < 1.29 is 0 Å². The predicted molar refractivity (Wildman–Crippen MR) is 92.6 cm³/mol. The molecule has 2 nitrogen and oxygen atoms in total. The van der Waals surface area contributed by atoms with Gasteiger partial charge in [-0.2, -0.15) is 0 Å². The van der Waals surface area contributed by atoms with Crippen LogP contribution in [0.3, 0.4) is 0 Å². The first kappa shape index (κ1) is 15.3. The first-order chi connectivity index (χ1) is 10.9. The van der Waals surface area contributed by atoms with E-state index in [1.807, 2.05) is 0 Å². The molecule has 2 N–H and O–H groups in total. The minimum absolute atomic E-state index is 0.581. The van der Waals surface area contributed by atoms with Gasteiger partial charge in [-0.05, 0) is 24.0 Å². The average molecular weight is 294 g/mol. The van der Waals surface area contributed by atoms with Crippen molar-refractivity contribution in [1.29, 1.82) is 0 Å². The first-order valence-electron chi connectivity index (χ1n) is 8.46. The summed E-state index contributed by atoms with van der Waals surface area (Å²) in [5, 5.41) is 7.52. The molecular formula is C20H26N2. The summed E-state index contributed by atoms with van der Waals surface area (Å²) in [6.07, 6.45) is 5.24. The van der Waals surface area contributed by atoms with Gasteiger partial charge in [-0.25, -0.2) is 0 Å². The highest BCUT2D eigenvalue weighted by molar-refractivity contribution is 5.15. The molecule has 0 amide bonds. The molecule has 0 bridgehead atoms. The quantitative estimate of drug-likeness (QED) is 0.845. The molecule has 0 saturated heterocycles. The first-order valence-corrected chi connectivity index (χ1v) is 8.46. The van der Waals surface area contributed by atoms with Gasteiger partial charge in [0.2, 0.25) is 0 Å². The third kappa shape index (κ3) is 4.43. The molecule has 0 aliphatic heterocycles. The molecule has 2 heteroatoms. The Morgan fingerprint density at radius 3 is 1.45 bits per heavy atom. The maximum absolute atomic E-state index is 3.76. The van der Waals surface area contributed by atoms with E-state index >= 15 is 0 Å². The van der Waals surface area contributed by atoms with Crippen LogP contribution in [-0.4, -0.2) is 12.1 Å². The van der Waals surface area contributed by atoms with Gasteiger partial charge in [-0.3, -0.25) is 0 Å². The van der Waals surface area contributed by atoms with Crippen molar-refractivity contribution in [2.24, 2.45) is 0 Å². The molecule has 116 valence electrons. The summed E-state index contributed by atoms with van der Waals surface area (Å²) in [6.45, 7) is 1.93. The van der Waals surface area contributed by atoms with Crippen molar-refractivity contribution >= 4 is 0 Å². The Morgan fingerprint density at radius 2 is 1.05 bits per heavy atom. The third-order valence-corrected chi connectivity index (χ3v) is 4.59. The summed E-state index contributed by atoms with van der Waals surface area (Å²) in [5.74, 6) is 0. The van der Waals surface area contributed by atoms with Crippen LogP contribution in [0.2, 0.25) is 0 Å². The molecule has 0 aromatic heterocycles. The highest BCUT2D eigenvalue weighted by Gasteiger charge is 2.23. The molecule has 1 unspecified atom stereocenters. The van der Waals surface area contributed by atoms with Gasteiger partial charge < -0.3 is 10.6 Å². The molecule has 1 aliphatic rings. The standard InChI is InChI=1S/C20H26N2/c1-3-9-17(10-4-1)15-21-19-13-7-8-14-20(19)22-16-18-11-5-2-6-12-18/h1-6,9-12,19-22H,7-8,13-16H2/t19-,20?/m0/s1. The molecule has 2 aromatic carbocycles. The van der Waals surface area contributed by atoms with E-state index in [0.29, 0.717) is 12.1 Å². The van der Waals surface area contributed by atoms with E-state index in [2.05, 4.69) is 71.3 Å². The molecule has 0 radical (unpaired) electrons. The Kier molecular flexibility index (Phi) is 5.63. The van der Waals surface area contributed by atoms with Crippen LogP contribution in [0.1, 0.15) is 36.8 Å². The van der Waals surface area contributed by atoms with Gasteiger partial charge in [0, 0.05) is 25.2 Å². The molecular weight excluding hydrogens is 268 g/mol. The smallest absolute Gasteiger partial charge is 0.0224 e. The van der Waals surface area contributed by atoms with Crippen LogP contribution in [0.5, 0.6) is 0 Å². The number of benzene rings is 2. The Morgan fingerprint density at radius 1 is 0.636 bits per heavy atom. The van der Waals surface area contributed by atoms with E-state index in [1.165, 1.54) is 36.8 Å². The maximum Gasteiger partial charge on any atom is 0.0224 e. The Bertz CT molecular complexity index is 487. The van der Waals surface area contributed by atoms with Gasteiger partial charge in [-0.1, -0.05) is 73.5 Å². The predicted octanol–water partition coefficient (Wildman–Crippen LogP) is 3.88. The monoisotopic (exact) mass is 294 g/mol. The lowest BCUT2D eigenvalue weighted by Gasteiger charge is -2.33. The van der Waals surface area contributed by atoms with Crippen LogP contribution in [0, 0.1) is 0 Å². The van der Waals surface area contributed by atoms with Crippen LogP contribution in [0.4, 0.5) is 0 Å². The van der Waals surface area contributed by atoms with Gasteiger partial charge in [0.05, 0.1) is 0 Å². The lowest BCUT2D eigenvalue weighted by atomic mass is 9.90. The second-order valence-corrected chi connectivity index (χ2v) is 6.23. The topological polar surface area (TPSA) is 24.1 Å². The van der Waals surface area contributed by atoms with Crippen molar-refractivity contribution in [2.45, 2.75) is 50.9 Å². The zero-order chi connectivity index (χ0) is 15.0. The van der Waals surface area contributed by atoms with E-state index in [4.69, 9.17) is 0 Å². The van der Waals surface area contributed by atoms with Crippen molar-refractivity contribution in [1.82, 2.24) is 10.6 Å². The summed E-state index contributed by atoms with van der Waals surface area (Å²) < 4.78 is 0. The highest BCUT2D eigenvalue weighted by atomic mass is 15.0. The van der Waals surface area contributed by atoms with Gasteiger partial charge in [-0.15, -0.1) is 0 Å². The van der Waals surface area contributed by atoms with E-state index in [-0.39, 0.29) is 0 Å². The van der Waals surface area contributed by atoms with Crippen LogP contribution in [0.15, 0.2) is 60.7 Å². The van der Waals surface area contributed by atoms with E-state index in [0.717, 1.165) is 13.1 Å². The molecule has 1 aliphatic carbocycles. The molecule has 0 heterocycles. The SMILES string of the molecule is c1ccc(CNC2CCCC[C@@H]2NCc2ccccc2)cc1. The van der Waals surface area contributed by atoms with Gasteiger partial charge in [0.15, 0.2) is 0 Å². The van der Waals surface area contributed by atoms with Crippen molar-refractivity contribution in [3.05, 3.63) is 71.8 Å². The van der Waals surface area contributed by atoms with Gasteiger partial charge in [0.1, 0.15) is 0 Å². The fourth-order valence-corrected chi connectivity index (χ4v) is 3.31. The van der Waals surface area contributed by atoms with Gasteiger partial charge in [0.25, 0.3) is 0 Å². The molecule has 2 aromatic rings. The third-order valence-electron chi connectivity index (χ3n) is 4.59. The Balaban J connectivity index is 1.52. The Labute approximate surface area is 134 Å². The fraction of sp³-hybridized carbons (Fsp3) is 0.400. The summed E-state index contributed by atoms with van der Waals surface area (Å²) in [4.78, 5) is 0. The second kappa shape index (κ2) is 8.11. The van der Waals surface area contributed by atoms with Crippen molar-refractivity contribution in [2.75, 3.05) is 0 Å². The molecule has 1 fully saturated rings. The molecule has 22 heavy (non-hydrogen) atoms. The molecule has 1 saturated carbocycles. The largest absolute Gasteiger partial charge is 0.308 e. The molecule has 0 spiro atoms. The van der Waals surface area contributed by atoms with E-state index in [9.17, 15) is 0 Å². The maximum atomic E-state index is 3.76. The Hall–Kier alpha value is -1.64. The normalized spacial score (nSPS) is 21.6. The van der Waals surface area contributed by atoms with Crippen molar-refractivity contribution in [3.63, 3.8) is 0 Å². The van der Waals surface area contributed by atoms with E-state index < -0.39 is 0 Å². The minimum atomic E-state index is 0.581. The molecule has 3 rings (SSSR count). The zero-order valence-corrected chi connectivity index (χ0v) is 13.2.